The number of hydrogen-bond acceptors (Lipinski definition) is 3. The van der Waals surface area contributed by atoms with Crippen LogP contribution in [0.15, 0.2) is 12.1 Å². The van der Waals surface area contributed by atoms with Crippen molar-refractivity contribution in [3.8, 4) is 0 Å². The first kappa shape index (κ1) is 12.9. The Balaban J connectivity index is 2.42. The van der Waals surface area contributed by atoms with Gasteiger partial charge in [-0.1, -0.05) is 23.2 Å². The monoisotopic (exact) mass is 294 g/mol. The van der Waals surface area contributed by atoms with Crippen LogP contribution < -0.4 is 0 Å². The number of rotatable bonds is 4. The molecule has 2 aromatic rings. The Morgan fingerprint density at radius 1 is 1.29 bits per heavy atom. The summed E-state index contributed by atoms with van der Waals surface area (Å²) in [7, 11) is 0. The standard InChI is InChI=1S/C10H9Cl3N2O2/c11-6-1-2-7-9(8(6)12)14-10(13)15(7)5-17-4-3-16/h1-2,16H,3-5H2. The summed E-state index contributed by atoms with van der Waals surface area (Å²) in [6.07, 6.45) is 0. The number of hydrogen-bond donors (Lipinski definition) is 1. The summed E-state index contributed by atoms with van der Waals surface area (Å²) in [6.45, 7) is 0.391. The number of benzene rings is 1. The van der Waals surface area contributed by atoms with E-state index in [2.05, 4.69) is 4.98 Å². The van der Waals surface area contributed by atoms with Crippen molar-refractivity contribution in [3.05, 3.63) is 27.5 Å². The van der Waals surface area contributed by atoms with Gasteiger partial charge in [0.05, 0.1) is 28.8 Å². The first-order valence-corrected chi connectivity index (χ1v) is 5.97. The number of nitrogens with zero attached hydrogens (tertiary/aromatic N) is 2. The topological polar surface area (TPSA) is 47.3 Å². The third kappa shape index (κ3) is 2.51. The van der Waals surface area contributed by atoms with Gasteiger partial charge in [-0.3, -0.25) is 4.57 Å². The maximum atomic E-state index is 8.64. The molecule has 1 aromatic heterocycles. The molecule has 1 N–H and O–H groups in total. The van der Waals surface area contributed by atoms with Crippen molar-refractivity contribution in [2.75, 3.05) is 13.2 Å². The van der Waals surface area contributed by atoms with Gasteiger partial charge in [0.15, 0.2) is 0 Å². The molecule has 0 saturated carbocycles. The summed E-state index contributed by atoms with van der Waals surface area (Å²) in [6, 6.07) is 3.44. The molecular formula is C10H9Cl3N2O2. The van der Waals surface area contributed by atoms with Crippen molar-refractivity contribution in [1.29, 1.82) is 0 Å². The van der Waals surface area contributed by atoms with Gasteiger partial charge in [0.25, 0.3) is 0 Å². The molecule has 1 aromatic carbocycles. The van der Waals surface area contributed by atoms with Crippen molar-refractivity contribution < 1.29 is 9.84 Å². The Bertz CT molecular complexity index is 542. The quantitative estimate of drug-likeness (QED) is 0.882. The van der Waals surface area contributed by atoms with Crippen LogP contribution in [0.1, 0.15) is 0 Å². The molecule has 17 heavy (non-hydrogen) atoms. The maximum Gasteiger partial charge on any atom is 0.205 e. The summed E-state index contributed by atoms with van der Waals surface area (Å²) < 4.78 is 6.85. The maximum absolute atomic E-state index is 8.64. The largest absolute Gasteiger partial charge is 0.394 e. The SMILES string of the molecule is OCCOCn1c(Cl)nc2c(Cl)c(Cl)ccc21. The van der Waals surface area contributed by atoms with Gasteiger partial charge < -0.3 is 9.84 Å². The molecule has 0 atom stereocenters. The van der Waals surface area contributed by atoms with Gasteiger partial charge in [0.1, 0.15) is 12.2 Å². The van der Waals surface area contributed by atoms with Gasteiger partial charge in [-0.05, 0) is 23.7 Å². The second kappa shape index (κ2) is 5.42. The fourth-order valence-corrected chi connectivity index (χ4v) is 2.03. The Morgan fingerprint density at radius 2 is 2.06 bits per heavy atom. The molecule has 0 bridgehead atoms. The highest BCUT2D eigenvalue weighted by Crippen LogP contribution is 2.31. The number of ether oxygens (including phenoxy) is 1. The third-order valence-corrected chi connectivity index (χ3v) is 3.30. The highest BCUT2D eigenvalue weighted by atomic mass is 35.5. The predicted octanol–water partition coefficient (Wildman–Crippen LogP) is 2.96. The lowest BCUT2D eigenvalue weighted by Gasteiger charge is -2.06. The highest BCUT2D eigenvalue weighted by Gasteiger charge is 2.13. The van der Waals surface area contributed by atoms with Crippen molar-refractivity contribution in [1.82, 2.24) is 9.55 Å². The van der Waals surface area contributed by atoms with Gasteiger partial charge in [-0.2, -0.15) is 0 Å². The van der Waals surface area contributed by atoms with Crippen LogP contribution in [-0.2, 0) is 11.5 Å². The van der Waals surface area contributed by atoms with Crippen LogP contribution in [0.2, 0.25) is 15.3 Å². The third-order valence-electron chi connectivity index (χ3n) is 2.22. The fourth-order valence-electron chi connectivity index (χ4n) is 1.45. The van der Waals surface area contributed by atoms with E-state index in [0.29, 0.717) is 15.6 Å². The van der Waals surface area contributed by atoms with E-state index >= 15 is 0 Å². The first-order valence-electron chi connectivity index (χ1n) is 4.83. The summed E-state index contributed by atoms with van der Waals surface area (Å²) in [4.78, 5) is 4.12. The van der Waals surface area contributed by atoms with Gasteiger partial charge in [0, 0.05) is 0 Å². The van der Waals surface area contributed by atoms with E-state index in [1.807, 2.05) is 0 Å². The minimum Gasteiger partial charge on any atom is -0.394 e. The van der Waals surface area contributed by atoms with Crippen LogP contribution in [0, 0.1) is 0 Å². The van der Waals surface area contributed by atoms with Gasteiger partial charge >= 0.3 is 0 Å². The molecule has 0 spiro atoms. The van der Waals surface area contributed by atoms with Crippen molar-refractivity contribution >= 4 is 45.8 Å². The zero-order chi connectivity index (χ0) is 12.4. The fraction of sp³-hybridized carbons (Fsp3) is 0.300. The van der Waals surface area contributed by atoms with E-state index in [0.717, 1.165) is 5.52 Å². The summed E-state index contributed by atoms with van der Waals surface area (Å²) >= 11 is 17.9. The van der Waals surface area contributed by atoms with Gasteiger partial charge in [0.2, 0.25) is 5.28 Å². The number of fused-ring (bicyclic) bond motifs is 1. The molecule has 92 valence electrons. The van der Waals surface area contributed by atoms with Crippen molar-refractivity contribution in [3.63, 3.8) is 0 Å². The van der Waals surface area contributed by atoms with E-state index in [9.17, 15) is 0 Å². The molecule has 0 amide bonds. The Morgan fingerprint density at radius 3 is 2.76 bits per heavy atom. The highest BCUT2D eigenvalue weighted by molar-refractivity contribution is 6.45. The molecule has 2 rings (SSSR count). The number of aliphatic hydroxyl groups is 1. The van der Waals surface area contributed by atoms with Crippen LogP contribution in [-0.4, -0.2) is 27.9 Å². The van der Waals surface area contributed by atoms with Crippen LogP contribution >= 0.6 is 34.8 Å². The normalized spacial score (nSPS) is 11.3. The lowest BCUT2D eigenvalue weighted by Crippen LogP contribution is -2.05. The van der Waals surface area contributed by atoms with Crippen LogP contribution in [0.3, 0.4) is 0 Å². The second-order valence-corrected chi connectivity index (χ2v) is 4.42. The van der Waals surface area contributed by atoms with Crippen LogP contribution in [0.4, 0.5) is 0 Å². The summed E-state index contributed by atoms with van der Waals surface area (Å²) in [5.74, 6) is 0. The Kier molecular flexibility index (Phi) is 4.12. The minimum atomic E-state index is -0.0448. The van der Waals surface area contributed by atoms with E-state index < -0.39 is 0 Å². The predicted molar refractivity (Wildman–Crippen MR) is 67.8 cm³/mol. The lowest BCUT2D eigenvalue weighted by atomic mass is 10.3. The molecule has 0 aliphatic heterocycles. The van der Waals surface area contributed by atoms with Crippen molar-refractivity contribution in [2.45, 2.75) is 6.73 Å². The summed E-state index contributed by atoms with van der Waals surface area (Å²) in [5, 5.41) is 9.70. The molecule has 0 unspecified atom stereocenters. The molecule has 0 aliphatic carbocycles. The number of halogens is 3. The Hall–Kier alpha value is -0.520. The molecular weight excluding hydrogens is 286 g/mol. The van der Waals surface area contributed by atoms with E-state index in [4.69, 9.17) is 44.6 Å². The number of imidazole rings is 1. The Labute approximate surface area is 113 Å². The van der Waals surface area contributed by atoms with Gasteiger partial charge in [-0.15, -0.1) is 0 Å². The average Bonchev–Trinajstić information content (AvgIpc) is 2.62. The average molecular weight is 296 g/mol. The minimum absolute atomic E-state index is 0.0448. The van der Waals surface area contributed by atoms with E-state index in [1.54, 1.807) is 16.7 Å². The second-order valence-electron chi connectivity index (χ2n) is 3.30. The molecule has 0 radical (unpaired) electrons. The zero-order valence-electron chi connectivity index (χ0n) is 8.66. The summed E-state index contributed by atoms with van der Waals surface area (Å²) in [5.41, 5.74) is 1.28. The number of aliphatic hydroxyl groups excluding tert-OH is 1. The molecule has 7 heteroatoms. The molecule has 1 heterocycles. The lowest BCUT2D eigenvalue weighted by molar-refractivity contribution is 0.0503. The first-order chi connectivity index (χ1) is 8.15. The van der Waals surface area contributed by atoms with Crippen molar-refractivity contribution in [2.24, 2.45) is 0 Å². The smallest absolute Gasteiger partial charge is 0.205 e. The van der Waals surface area contributed by atoms with Crippen LogP contribution in [0.5, 0.6) is 0 Å². The van der Waals surface area contributed by atoms with Crippen LogP contribution in [0.25, 0.3) is 11.0 Å². The van der Waals surface area contributed by atoms with Gasteiger partial charge in [-0.25, -0.2) is 4.98 Å². The van der Waals surface area contributed by atoms with E-state index in [-0.39, 0.29) is 25.2 Å². The molecule has 4 nitrogen and oxygen atoms in total. The molecule has 0 aliphatic rings. The molecule has 0 saturated heterocycles. The zero-order valence-corrected chi connectivity index (χ0v) is 10.9. The number of aromatic nitrogens is 2. The molecule has 0 fully saturated rings. The van der Waals surface area contributed by atoms with E-state index in [1.165, 1.54) is 0 Å².